The fourth-order valence-corrected chi connectivity index (χ4v) is 2.55. The maximum atomic E-state index is 13.2. The SMILES string of the molecule is CCOC(=O)c1cc(C#N)c(Sc2ccccn2)nc1C(F)(F)F. The monoisotopic (exact) mass is 353 g/mol. The van der Waals surface area contributed by atoms with Gasteiger partial charge in [-0.3, -0.25) is 0 Å². The van der Waals surface area contributed by atoms with E-state index in [4.69, 9.17) is 5.26 Å². The number of carbonyl (C=O) groups is 1. The predicted molar refractivity (Wildman–Crippen MR) is 78.3 cm³/mol. The number of nitrogens with zero attached hydrogens (tertiary/aromatic N) is 3. The number of rotatable bonds is 4. The summed E-state index contributed by atoms with van der Waals surface area (Å²) >= 11 is 0.806. The van der Waals surface area contributed by atoms with Crippen molar-refractivity contribution >= 4 is 17.7 Å². The number of nitriles is 1. The Hall–Kier alpha value is -2.60. The molecule has 9 heteroatoms. The molecule has 0 amide bonds. The highest BCUT2D eigenvalue weighted by Gasteiger charge is 2.39. The van der Waals surface area contributed by atoms with Crippen LogP contribution in [0.1, 0.15) is 28.5 Å². The third-order valence-corrected chi connectivity index (χ3v) is 3.67. The number of pyridine rings is 2. The molecular formula is C15H10F3N3O2S. The van der Waals surface area contributed by atoms with Crippen LogP contribution in [-0.2, 0) is 10.9 Å². The Morgan fingerprint density at radius 3 is 2.71 bits per heavy atom. The minimum atomic E-state index is -4.87. The Balaban J connectivity index is 2.57. The van der Waals surface area contributed by atoms with Crippen LogP contribution in [0.4, 0.5) is 13.2 Å². The van der Waals surface area contributed by atoms with Crippen LogP contribution in [0, 0.1) is 11.3 Å². The van der Waals surface area contributed by atoms with E-state index in [1.54, 1.807) is 24.3 Å². The van der Waals surface area contributed by atoms with Crippen LogP contribution in [0.3, 0.4) is 0 Å². The molecule has 5 nitrogen and oxygen atoms in total. The Morgan fingerprint density at radius 1 is 1.42 bits per heavy atom. The summed E-state index contributed by atoms with van der Waals surface area (Å²) in [5, 5.41) is 9.36. The number of aromatic nitrogens is 2. The van der Waals surface area contributed by atoms with E-state index < -0.39 is 23.4 Å². The Bertz CT molecular complexity index is 789. The summed E-state index contributed by atoms with van der Waals surface area (Å²) in [5.74, 6) is -1.18. The lowest BCUT2D eigenvalue weighted by atomic mass is 10.1. The van der Waals surface area contributed by atoms with Crippen LogP contribution < -0.4 is 0 Å². The summed E-state index contributed by atoms with van der Waals surface area (Å²) in [4.78, 5) is 19.2. The molecule has 0 spiro atoms. The van der Waals surface area contributed by atoms with Gasteiger partial charge in [-0.1, -0.05) is 6.07 Å². The highest BCUT2D eigenvalue weighted by molar-refractivity contribution is 7.99. The van der Waals surface area contributed by atoms with Crippen molar-refractivity contribution in [1.29, 1.82) is 5.26 Å². The molecule has 0 aliphatic carbocycles. The summed E-state index contributed by atoms with van der Waals surface area (Å²) < 4.78 is 44.3. The van der Waals surface area contributed by atoms with E-state index in [1.807, 2.05) is 0 Å². The van der Waals surface area contributed by atoms with E-state index in [0.29, 0.717) is 5.03 Å². The van der Waals surface area contributed by atoms with E-state index in [-0.39, 0.29) is 17.2 Å². The number of hydrogen-bond acceptors (Lipinski definition) is 6. The van der Waals surface area contributed by atoms with E-state index in [9.17, 15) is 18.0 Å². The van der Waals surface area contributed by atoms with Crippen LogP contribution >= 0.6 is 11.8 Å². The number of hydrogen-bond donors (Lipinski definition) is 0. The van der Waals surface area contributed by atoms with Gasteiger partial charge in [-0.2, -0.15) is 18.4 Å². The maximum Gasteiger partial charge on any atom is 0.434 e. The summed E-state index contributed by atoms with van der Waals surface area (Å²) in [6.45, 7) is 1.37. The second kappa shape index (κ2) is 7.31. The fourth-order valence-electron chi connectivity index (χ4n) is 1.74. The zero-order valence-corrected chi connectivity index (χ0v) is 13.1. The molecule has 2 heterocycles. The van der Waals surface area contributed by atoms with Crippen molar-refractivity contribution in [1.82, 2.24) is 9.97 Å². The van der Waals surface area contributed by atoms with Gasteiger partial charge in [0.05, 0.1) is 17.7 Å². The normalized spacial score (nSPS) is 11.0. The van der Waals surface area contributed by atoms with Crippen LogP contribution in [0.15, 0.2) is 40.5 Å². The largest absolute Gasteiger partial charge is 0.462 e. The van der Waals surface area contributed by atoms with Gasteiger partial charge in [-0.05, 0) is 36.9 Å². The molecule has 0 fully saturated rings. The lowest BCUT2D eigenvalue weighted by Crippen LogP contribution is -2.18. The highest BCUT2D eigenvalue weighted by atomic mass is 32.2. The van der Waals surface area contributed by atoms with E-state index >= 15 is 0 Å². The van der Waals surface area contributed by atoms with E-state index in [2.05, 4.69) is 14.7 Å². The molecule has 0 saturated carbocycles. The molecule has 0 saturated heterocycles. The molecule has 2 aromatic heterocycles. The van der Waals surface area contributed by atoms with Gasteiger partial charge in [0.15, 0.2) is 5.69 Å². The number of ether oxygens (including phenoxy) is 1. The molecule has 2 aromatic rings. The predicted octanol–water partition coefficient (Wildman–Crippen LogP) is 3.69. The Labute approximate surface area is 139 Å². The van der Waals surface area contributed by atoms with Crippen molar-refractivity contribution in [3.63, 3.8) is 0 Å². The van der Waals surface area contributed by atoms with Gasteiger partial charge >= 0.3 is 12.1 Å². The van der Waals surface area contributed by atoms with Gasteiger partial charge in [-0.25, -0.2) is 14.8 Å². The zero-order valence-electron chi connectivity index (χ0n) is 12.3. The van der Waals surface area contributed by atoms with Crippen molar-refractivity contribution in [2.45, 2.75) is 23.2 Å². The van der Waals surface area contributed by atoms with Gasteiger partial charge in [0.1, 0.15) is 16.1 Å². The second-order valence-electron chi connectivity index (χ2n) is 4.34. The number of esters is 1. The minimum Gasteiger partial charge on any atom is -0.462 e. The van der Waals surface area contributed by atoms with Crippen LogP contribution in [0.25, 0.3) is 0 Å². The first-order valence-corrected chi connectivity index (χ1v) is 7.46. The number of carbonyl (C=O) groups excluding carboxylic acids is 1. The van der Waals surface area contributed by atoms with Gasteiger partial charge in [0.2, 0.25) is 0 Å². The summed E-state index contributed by atoms with van der Waals surface area (Å²) in [6, 6.07) is 7.46. The van der Waals surface area contributed by atoms with Crippen LogP contribution in [0.2, 0.25) is 0 Å². The van der Waals surface area contributed by atoms with E-state index in [0.717, 1.165) is 17.8 Å². The topological polar surface area (TPSA) is 75.9 Å². The minimum absolute atomic E-state index is 0.0948. The molecule has 0 N–H and O–H groups in total. The molecule has 2 rings (SSSR count). The first-order chi connectivity index (χ1) is 11.4. The third kappa shape index (κ3) is 4.02. The first-order valence-electron chi connectivity index (χ1n) is 6.65. The maximum absolute atomic E-state index is 13.2. The summed E-state index contributed by atoms with van der Waals surface area (Å²) in [5.41, 5.74) is -2.34. The van der Waals surface area contributed by atoms with Crippen molar-refractivity contribution in [3.05, 3.63) is 47.3 Å². The molecule has 0 aromatic carbocycles. The van der Waals surface area contributed by atoms with Gasteiger partial charge in [0.25, 0.3) is 0 Å². The lowest BCUT2D eigenvalue weighted by Gasteiger charge is -2.13. The quantitative estimate of drug-likeness (QED) is 0.780. The highest BCUT2D eigenvalue weighted by Crippen LogP contribution is 2.35. The van der Waals surface area contributed by atoms with Gasteiger partial charge in [0, 0.05) is 6.20 Å². The molecular weight excluding hydrogens is 343 g/mol. The Morgan fingerprint density at radius 2 is 2.17 bits per heavy atom. The lowest BCUT2D eigenvalue weighted by molar-refractivity contribution is -0.142. The van der Waals surface area contributed by atoms with Crippen LogP contribution in [0.5, 0.6) is 0 Å². The third-order valence-electron chi connectivity index (χ3n) is 2.71. The smallest absolute Gasteiger partial charge is 0.434 e. The molecule has 0 atom stereocenters. The fraction of sp³-hybridized carbons (Fsp3) is 0.200. The van der Waals surface area contributed by atoms with Crippen molar-refractivity contribution in [3.8, 4) is 6.07 Å². The molecule has 0 aliphatic rings. The van der Waals surface area contributed by atoms with Crippen LogP contribution in [-0.4, -0.2) is 22.5 Å². The van der Waals surface area contributed by atoms with Gasteiger partial charge < -0.3 is 4.74 Å². The average molecular weight is 353 g/mol. The standard InChI is InChI=1S/C15H10F3N3O2S/c1-2-23-14(22)10-7-9(8-19)13(21-12(10)15(16,17)18)24-11-5-3-4-6-20-11/h3-7H,2H2,1H3. The second-order valence-corrected chi connectivity index (χ2v) is 5.35. The Kier molecular flexibility index (Phi) is 5.41. The molecule has 124 valence electrons. The molecule has 24 heavy (non-hydrogen) atoms. The van der Waals surface area contributed by atoms with Gasteiger partial charge in [-0.15, -0.1) is 0 Å². The molecule has 0 radical (unpaired) electrons. The van der Waals surface area contributed by atoms with Crippen molar-refractivity contribution in [2.75, 3.05) is 6.61 Å². The molecule has 0 unspecified atom stereocenters. The van der Waals surface area contributed by atoms with E-state index in [1.165, 1.54) is 13.1 Å². The zero-order chi connectivity index (χ0) is 17.7. The summed E-state index contributed by atoms with van der Waals surface area (Å²) in [7, 11) is 0. The van der Waals surface area contributed by atoms with Crippen molar-refractivity contribution in [2.24, 2.45) is 0 Å². The average Bonchev–Trinajstić information content (AvgIpc) is 2.54. The number of alkyl halides is 3. The van der Waals surface area contributed by atoms with Crippen molar-refractivity contribution < 1.29 is 22.7 Å². The first kappa shape index (κ1) is 17.7. The number of halogens is 3. The molecule has 0 bridgehead atoms. The molecule has 0 aliphatic heterocycles. The summed E-state index contributed by atoms with van der Waals surface area (Å²) in [6.07, 6.45) is -3.40.